The molecule has 128 valence electrons. The third kappa shape index (κ3) is 7.71. The maximum atomic E-state index is 8.84. The highest BCUT2D eigenvalue weighted by molar-refractivity contribution is 7.99. The number of thioether (sulfide) groups is 1. The van der Waals surface area contributed by atoms with Gasteiger partial charge in [-0.15, -0.1) is 11.8 Å². The maximum Gasteiger partial charge on any atom is 0.426 e. The summed E-state index contributed by atoms with van der Waals surface area (Å²) < 4.78 is 11.0. The van der Waals surface area contributed by atoms with Crippen molar-refractivity contribution in [2.75, 3.05) is 25.6 Å². The molecule has 0 saturated carbocycles. The molecule has 0 amide bonds. The summed E-state index contributed by atoms with van der Waals surface area (Å²) in [6.07, 6.45) is 7.92. The summed E-state index contributed by atoms with van der Waals surface area (Å²) in [4.78, 5) is 4.44. The SMILES string of the molecule is N#[N+]c1ccccc1OC/C=C/COC/C=C/CSc1ccccc1. The molecular weight excluding hydrogens is 332 g/mol. The van der Waals surface area contributed by atoms with Gasteiger partial charge in [0.1, 0.15) is 6.61 Å². The predicted octanol–water partition coefficient (Wildman–Crippen LogP) is 5.47. The Hall–Kier alpha value is -2.55. The maximum absolute atomic E-state index is 8.84. The molecule has 0 spiro atoms. The second kappa shape index (κ2) is 11.9. The Balaban J connectivity index is 1.52. The van der Waals surface area contributed by atoms with Crippen molar-refractivity contribution in [3.8, 4) is 5.75 Å². The van der Waals surface area contributed by atoms with E-state index in [4.69, 9.17) is 14.9 Å². The number of diazo groups is 1. The summed E-state index contributed by atoms with van der Waals surface area (Å²) in [5.74, 6) is 1.49. The highest BCUT2D eigenvalue weighted by Crippen LogP contribution is 2.26. The van der Waals surface area contributed by atoms with Gasteiger partial charge in [-0.1, -0.05) is 48.6 Å². The van der Waals surface area contributed by atoms with Gasteiger partial charge >= 0.3 is 5.69 Å². The monoisotopic (exact) mass is 353 g/mol. The summed E-state index contributed by atoms with van der Waals surface area (Å²) in [5, 5.41) is 8.84. The third-order valence-corrected chi connectivity index (χ3v) is 4.12. The van der Waals surface area contributed by atoms with Crippen LogP contribution in [0.1, 0.15) is 0 Å². The Morgan fingerprint density at radius 2 is 1.52 bits per heavy atom. The summed E-state index contributed by atoms with van der Waals surface area (Å²) >= 11 is 1.80. The molecule has 0 aromatic heterocycles. The quantitative estimate of drug-likeness (QED) is 0.246. The Morgan fingerprint density at radius 1 is 0.840 bits per heavy atom. The lowest BCUT2D eigenvalue weighted by Crippen LogP contribution is -1.95. The van der Waals surface area contributed by atoms with Crippen molar-refractivity contribution in [2.45, 2.75) is 4.90 Å². The van der Waals surface area contributed by atoms with Crippen molar-refractivity contribution in [3.05, 3.63) is 83.9 Å². The molecule has 0 heterocycles. The van der Waals surface area contributed by atoms with Crippen LogP contribution in [0.2, 0.25) is 0 Å². The molecule has 0 atom stereocenters. The van der Waals surface area contributed by atoms with Crippen LogP contribution in [0, 0.1) is 5.39 Å². The van der Waals surface area contributed by atoms with Gasteiger partial charge in [0.15, 0.2) is 4.98 Å². The van der Waals surface area contributed by atoms with E-state index in [1.165, 1.54) is 4.90 Å². The normalized spacial score (nSPS) is 11.0. The lowest BCUT2D eigenvalue weighted by molar-refractivity contribution is 0.193. The number of ether oxygens (including phenoxy) is 2. The van der Waals surface area contributed by atoms with E-state index in [-0.39, 0.29) is 0 Å². The second-order valence-corrected chi connectivity index (χ2v) is 6.08. The van der Waals surface area contributed by atoms with E-state index < -0.39 is 0 Å². The van der Waals surface area contributed by atoms with Crippen LogP contribution in [0.3, 0.4) is 0 Å². The van der Waals surface area contributed by atoms with Crippen LogP contribution in [-0.2, 0) is 4.74 Å². The van der Waals surface area contributed by atoms with Crippen LogP contribution in [-0.4, -0.2) is 25.6 Å². The Morgan fingerprint density at radius 3 is 2.32 bits per heavy atom. The zero-order valence-corrected chi connectivity index (χ0v) is 14.8. The fraction of sp³-hybridized carbons (Fsp3) is 0.200. The van der Waals surface area contributed by atoms with E-state index in [9.17, 15) is 0 Å². The first kappa shape index (κ1) is 18.8. The van der Waals surface area contributed by atoms with Gasteiger partial charge in [-0.25, -0.2) is 0 Å². The predicted molar refractivity (Wildman–Crippen MR) is 103 cm³/mol. The molecule has 0 fully saturated rings. The van der Waals surface area contributed by atoms with Crippen LogP contribution in [0.15, 0.2) is 83.8 Å². The van der Waals surface area contributed by atoms with Crippen molar-refractivity contribution in [1.82, 2.24) is 0 Å². The second-order valence-electron chi connectivity index (χ2n) is 4.98. The minimum Gasteiger partial charge on any atom is -0.482 e. The van der Waals surface area contributed by atoms with E-state index in [0.717, 1.165) is 5.75 Å². The summed E-state index contributed by atoms with van der Waals surface area (Å²) in [5.41, 5.74) is 0.422. The highest BCUT2D eigenvalue weighted by atomic mass is 32.2. The van der Waals surface area contributed by atoms with Crippen molar-refractivity contribution >= 4 is 17.4 Å². The number of para-hydroxylation sites is 1. The third-order valence-electron chi connectivity index (χ3n) is 3.16. The molecule has 0 N–H and O–H groups in total. The zero-order valence-electron chi connectivity index (χ0n) is 14.0. The molecule has 0 unspecified atom stereocenters. The summed E-state index contributed by atoms with van der Waals surface area (Å²) in [7, 11) is 0. The molecule has 2 rings (SSSR count). The molecule has 2 aromatic rings. The minimum atomic E-state index is 0.402. The van der Waals surface area contributed by atoms with Crippen molar-refractivity contribution in [3.63, 3.8) is 0 Å². The average Bonchev–Trinajstić information content (AvgIpc) is 2.67. The fourth-order valence-corrected chi connectivity index (χ4v) is 2.71. The highest BCUT2D eigenvalue weighted by Gasteiger charge is 2.12. The number of hydrogen-bond acceptors (Lipinski definition) is 4. The van der Waals surface area contributed by atoms with Crippen molar-refractivity contribution in [2.24, 2.45) is 0 Å². The standard InChI is InChI=1S/C20H21N2O2S/c21-22-19-12-4-5-13-20(19)24-16-7-6-14-23-15-8-9-17-25-18-10-2-1-3-11-18/h1-13H,14-17H2/q+1/b7-6+,9-8+. The van der Waals surface area contributed by atoms with Crippen LogP contribution in [0.25, 0.3) is 4.98 Å². The van der Waals surface area contributed by atoms with E-state index in [0.29, 0.717) is 31.3 Å². The minimum absolute atomic E-state index is 0.402. The molecule has 0 aliphatic rings. The first-order valence-corrected chi connectivity index (χ1v) is 9.01. The van der Waals surface area contributed by atoms with E-state index in [1.54, 1.807) is 30.0 Å². The van der Waals surface area contributed by atoms with E-state index >= 15 is 0 Å². The molecule has 5 heteroatoms. The lowest BCUT2D eigenvalue weighted by atomic mass is 10.3. The van der Waals surface area contributed by atoms with Gasteiger partial charge in [-0.05, 0) is 24.3 Å². The topological polar surface area (TPSA) is 46.6 Å². The molecule has 25 heavy (non-hydrogen) atoms. The Kier molecular flexibility index (Phi) is 8.94. The number of nitrogens with zero attached hydrogens (tertiary/aromatic N) is 2. The average molecular weight is 353 g/mol. The van der Waals surface area contributed by atoms with Gasteiger partial charge < -0.3 is 9.47 Å². The van der Waals surface area contributed by atoms with Gasteiger partial charge in [-0.3, -0.25) is 0 Å². The molecule has 0 aliphatic carbocycles. The molecule has 4 nitrogen and oxygen atoms in total. The smallest absolute Gasteiger partial charge is 0.426 e. The molecule has 2 aromatic carbocycles. The van der Waals surface area contributed by atoms with Gasteiger partial charge in [0.05, 0.1) is 13.2 Å². The van der Waals surface area contributed by atoms with Crippen LogP contribution < -0.4 is 4.74 Å². The van der Waals surface area contributed by atoms with Gasteiger partial charge in [-0.2, -0.15) is 0 Å². The van der Waals surface area contributed by atoms with Crippen LogP contribution >= 0.6 is 11.8 Å². The van der Waals surface area contributed by atoms with Crippen LogP contribution in [0.5, 0.6) is 5.75 Å². The molecular formula is C20H21N2O2S+. The zero-order chi connectivity index (χ0) is 17.6. The van der Waals surface area contributed by atoms with Crippen LogP contribution in [0.4, 0.5) is 5.69 Å². The molecule has 0 aliphatic heterocycles. The van der Waals surface area contributed by atoms with Gasteiger partial charge in [0.2, 0.25) is 11.1 Å². The molecule has 0 bridgehead atoms. The Bertz CT molecular complexity index is 724. The van der Waals surface area contributed by atoms with Gasteiger partial charge in [0, 0.05) is 16.7 Å². The van der Waals surface area contributed by atoms with Crippen molar-refractivity contribution < 1.29 is 9.47 Å². The van der Waals surface area contributed by atoms with Gasteiger partial charge in [0.25, 0.3) is 0 Å². The first-order valence-electron chi connectivity index (χ1n) is 8.02. The number of benzene rings is 2. The molecule has 0 radical (unpaired) electrons. The van der Waals surface area contributed by atoms with Crippen molar-refractivity contribution in [1.29, 1.82) is 5.39 Å². The summed E-state index contributed by atoms with van der Waals surface area (Å²) in [6.45, 7) is 1.53. The Labute approximate surface area is 152 Å². The number of rotatable bonds is 10. The van der Waals surface area contributed by atoms with E-state index in [1.807, 2.05) is 42.5 Å². The molecule has 0 saturated heterocycles. The summed E-state index contributed by atoms with van der Waals surface area (Å²) in [6, 6.07) is 17.4. The fourth-order valence-electron chi connectivity index (χ4n) is 1.94. The van der Waals surface area contributed by atoms with E-state index in [2.05, 4.69) is 23.2 Å². The lowest BCUT2D eigenvalue weighted by Gasteiger charge is -1.99. The largest absolute Gasteiger partial charge is 0.482 e. The first-order chi connectivity index (χ1) is 12.4. The number of hydrogen-bond donors (Lipinski definition) is 0.